The lowest BCUT2D eigenvalue weighted by Gasteiger charge is -2.32. The predicted octanol–water partition coefficient (Wildman–Crippen LogP) is 1.20. The van der Waals surface area contributed by atoms with Gasteiger partial charge < -0.3 is 10.2 Å². The van der Waals surface area contributed by atoms with Gasteiger partial charge in [-0.2, -0.15) is 5.10 Å². The minimum Gasteiger partial charge on any atom is -0.342 e. The van der Waals surface area contributed by atoms with Crippen molar-refractivity contribution in [2.45, 2.75) is 39.2 Å². The summed E-state index contributed by atoms with van der Waals surface area (Å²) in [7, 11) is 1.94. The molecule has 20 heavy (non-hydrogen) atoms. The number of nitrogens with one attached hydrogen (secondary N) is 1. The van der Waals surface area contributed by atoms with Crippen molar-refractivity contribution in [1.29, 1.82) is 0 Å². The smallest absolute Gasteiger partial charge is 0.239 e. The van der Waals surface area contributed by atoms with Crippen LogP contribution in [0.3, 0.4) is 0 Å². The highest BCUT2D eigenvalue weighted by Gasteiger charge is 2.29. The second kappa shape index (κ2) is 6.88. The Morgan fingerprint density at radius 3 is 2.85 bits per heavy atom. The van der Waals surface area contributed by atoms with E-state index in [0.717, 1.165) is 38.9 Å². The van der Waals surface area contributed by atoms with E-state index in [4.69, 9.17) is 0 Å². The summed E-state index contributed by atoms with van der Waals surface area (Å²) in [4.78, 5) is 14.3. The maximum absolute atomic E-state index is 12.4. The molecule has 1 aromatic heterocycles. The van der Waals surface area contributed by atoms with E-state index in [1.807, 2.05) is 36.7 Å². The zero-order valence-electron chi connectivity index (χ0n) is 12.8. The van der Waals surface area contributed by atoms with E-state index in [0.29, 0.717) is 5.92 Å². The standard InChI is InChI=1S/C15H26N4O/c1-4-19(5-2)15(20)14-9-12(6-7-16-14)8-13-10-17-18(3)11-13/h10-12,14,16H,4-9H2,1-3H3. The summed E-state index contributed by atoms with van der Waals surface area (Å²) in [6, 6.07) is -0.00896. The molecule has 0 aliphatic carbocycles. The fourth-order valence-electron chi connectivity index (χ4n) is 3.04. The van der Waals surface area contributed by atoms with Gasteiger partial charge in [-0.3, -0.25) is 9.48 Å². The highest BCUT2D eigenvalue weighted by Crippen LogP contribution is 2.22. The maximum Gasteiger partial charge on any atom is 0.239 e. The molecule has 0 bridgehead atoms. The van der Waals surface area contributed by atoms with Crippen molar-refractivity contribution in [3.63, 3.8) is 0 Å². The van der Waals surface area contributed by atoms with Crippen LogP contribution in [0.15, 0.2) is 12.4 Å². The van der Waals surface area contributed by atoms with Crippen molar-refractivity contribution in [2.24, 2.45) is 13.0 Å². The van der Waals surface area contributed by atoms with Gasteiger partial charge in [0.15, 0.2) is 0 Å². The van der Waals surface area contributed by atoms with E-state index < -0.39 is 0 Å². The Morgan fingerprint density at radius 1 is 1.50 bits per heavy atom. The summed E-state index contributed by atoms with van der Waals surface area (Å²) < 4.78 is 1.84. The van der Waals surface area contributed by atoms with Crippen molar-refractivity contribution < 1.29 is 4.79 Å². The summed E-state index contributed by atoms with van der Waals surface area (Å²) in [5.74, 6) is 0.829. The molecule has 2 heterocycles. The van der Waals surface area contributed by atoms with Gasteiger partial charge >= 0.3 is 0 Å². The molecular formula is C15H26N4O. The van der Waals surface area contributed by atoms with Gasteiger partial charge in [-0.05, 0) is 51.1 Å². The Morgan fingerprint density at radius 2 is 2.25 bits per heavy atom. The van der Waals surface area contributed by atoms with E-state index in [9.17, 15) is 4.79 Å². The van der Waals surface area contributed by atoms with Gasteiger partial charge in [-0.1, -0.05) is 0 Å². The molecule has 1 amide bonds. The van der Waals surface area contributed by atoms with Crippen LogP contribution in [0.2, 0.25) is 0 Å². The molecule has 0 radical (unpaired) electrons. The number of amides is 1. The zero-order valence-corrected chi connectivity index (χ0v) is 12.8. The van der Waals surface area contributed by atoms with Crippen LogP contribution in [0.4, 0.5) is 0 Å². The third-order valence-electron chi connectivity index (χ3n) is 4.17. The molecule has 5 nitrogen and oxygen atoms in total. The van der Waals surface area contributed by atoms with Gasteiger partial charge in [0.25, 0.3) is 0 Å². The number of nitrogens with zero attached hydrogens (tertiary/aromatic N) is 3. The lowest BCUT2D eigenvalue weighted by atomic mass is 9.87. The second-order valence-electron chi connectivity index (χ2n) is 5.63. The molecule has 1 aliphatic heterocycles. The Kier molecular flexibility index (Phi) is 5.17. The lowest BCUT2D eigenvalue weighted by Crippen LogP contribution is -2.50. The quantitative estimate of drug-likeness (QED) is 0.880. The van der Waals surface area contributed by atoms with E-state index in [-0.39, 0.29) is 11.9 Å². The monoisotopic (exact) mass is 278 g/mol. The Labute approximate surface area is 121 Å². The molecule has 1 aliphatic rings. The van der Waals surface area contributed by atoms with E-state index in [1.165, 1.54) is 5.56 Å². The number of aromatic nitrogens is 2. The van der Waals surface area contributed by atoms with Crippen molar-refractivity contribution in [3.05, 3.63) is 18.0 Å². The summed E-state index contributed by atoms with van der Waals surface area (Å²) in [5, 5.41) is 7.59. The molecule has 1 saturated heterocycles. The largest absolute Gasteiger partial charge is 0.342 e. The third kappa shape index (κ3) is 3.60. The van der Waals surface area contributed by atoms with Crippen LogP contribution in [0.1, 0.15) is 32.3 Å². The van der Waals surface area contributed by atoms with Crippen LogP contribution in [-0.2, 0) is 18.3 Å². The van der Waals surface area contributed by atoms with Gasteiger partial charge in [0, 0.05) is 26.3 Å². The average Bonchev–Trinajstić information content (AvgIpc) is 2.85. The van der Waals surface area contributed by atoms with Crippen LogP contribution in [0.25, 0.3) is 0 Å². The van der Waals surface area contributed by atoms with Gasteiger partial charge in [-0.15, -0.1) is 0 Å². The summed E-state index contributed by atoms with van der Waals surface area (Å²) in [6.07, 6.45) is 7.10. The SMILES string of the molecule is CCN(CC)C(=O)C1CC(Cc2cnn(C)c2)CCN1. The molecule has 1 fully saturated rings. The highest BCUT2D eigenvalue weighted by molar-refractivity contribution is 5.82. The van der Waals surface area contributed by atoms with Crippen LogP contribution in [0, 0.1) is 5.92 Å². The lowest BCUT2D eigenvalue weighted by molar-refractivity contribution is -0.134. The Balaban J connectivity index is 1.92. The van der Waals surface area contributed by atoms with Crippen molar-refractivity contribution in [1.82, 2.24) is 20.0 Å². The molecule has 2 rings (SSSR count). The molecular weight excluding hydrogens is 252 g/mol. The van der Waals surface area contributed by atoms with Crippen LogP contribution >= 0.6 is 0 Å². The van der Waals surface area contributed by atoms with Crippen LogP contribution in [0.5, 0.6) is 0 Å². The number of hydrogen-bond acceptors (Lipinski definition) is 3. The molecule has 2 atom stereocenters. The number of carbonyl (C=O) groups is 1. The fourth-order valence-corrected chi connectivity index (χ4v) is 3.04. The number of rotatable bonds is 5. The molecule has 0 aromatic carbocycles. The van der Waals surface area contributed by atoms with E-state index in [1.54, 1.807) is 0 Å². The summed E-state index contributed by atoms with van der Waals surface area (Å²) in [6.45, 7) is 6.60. The first-order valence-corrected chi connectivity index (χ1v) is 7.63. The minimum atomic E-state index is -0.00896. The van der Waals surface area contributed by atoms with Gasteiger partial charge in [-0.25, -0.2) is 0 Å². The zero-order chi connectivity index (χ0) is 14.5. The van der Waals surface area contributed by atoms with Crippen molar-refractivity contribution >= 4 is 5.91 Å². The maximum atomic E-state index is 12.4. The average molecular weight is 278 g/mol. The first kappa shape index (κ1) is 15.0. The second-order valence-corrected chi connectivity index (χ2v) is 5.63. The molecule has 5 heteroatoms. The number of likely N-dealkylation sites (N-methyl/N-ethyl adjacent to an activating group) is 1. The number of carbonyl (C=O) groups excluding carboxylic acids is 1. The van der Waals surface area contributed by atoms with Crippen LogP contribution in [-0.4, -0.2) is 46.3 Å². The Hall–Kier alpha value is -1.36. The minimum absolute atomic E-state index is 0.00896. The molecule has 1 N–H and O–H groups in total. The number of hydrogen-bond donors (Lipinski definition) is 1. The summed E-state index contributed by atoms with van der Waals surface area (Å²) >= 11 is 0. The molecule has 0 saturated carbocycles. The third-order valence-corrected chi connectivity index (χ3v) is 4.17. The first-order valence-electron chi connectivity index (χ1n) is 7.63. The van der Waals surface area contributed by atoms with Gasteiger partial charge in [0.05, 0.1) is 12.2 Å². The first-order chi connectivity index (χ1) is 9.63. The highest BCUT2D eigenvalue weighted by atomic mass is 16.2. The molecule has 2 unspecified atom stereocenters. The number of aryl methyl sites for hydroxylation is 1. The van der Waals surface area contributed by atoms with Crippen molar-refractivity contribution in [2.75, 3.05) is 19.6 Å². The fraction of sp³-hybridized carbons (Fsp3) is 0.733. The van der Waals surface area contributed by atoms with Crippen molar-refractivity contribution in [3.8, 4) is 0 Å². The topological polar surface area (TPSA) is 50.2 Å². The normalized spacial score (nSPS) is 22.8. The van der Waals surface area contributed by atoms with Crippen LogP contribution < -0.4 is 5.32 Å². The van der Waals surface area contributed by atoms with Gasteiger partial charge in [0.1, 0.15) is 0 Å². The molecule has 1 aromatic rings. The Bertz CT molecular complexity index is 439. The molecule has 0 spiro atoms. The predicted molar refractivity (Wildman–Crippen MR) is 79.4 cm³/mol. The van der Waals surface area contributed by atoms with E-state index in [2.05, 4.69) is 16.6 Å². The van der Waals surface area contributed by atoms with E-state index >= 15 is 0 Å². The number of piperidine rings is 1. The molecule has 112 valence electrons. The summed E-state index contributed by atoms with van der Waals surface area (Å²) in [5.41, 5.74) is 1.27. The van der Waals surface area contributed by atoms with Gasteiger partial charge in [0.2, 0.25) is 5.91 Å².